The van der Waals surface area contributed by atoms with Crippen molar-refractivity contribution in [2.45, 2.75) is 66.2 Å². The molecule has 1 saturated carbocycles. The fourth-order valence-electron chi connectivity index (χ4n) is 3.53. The third-order valence-corrected chi connectivity index (χ3v) is 6.29. The van der Waals surface area contributed by atoms with E-state index in [1.807, 2.05) is 12.4 Å². The number of aromatic nitrogens is 1. The molecule has 1 aliphatic rings. The minimum Gasteiger partial charge on any atom is -0.481 e. The summed E-state index contributed by atoms with van der Waals surface area (Å²) in [4.78, 5) is 17.4. The second-order valence-corrected chi connectivity index (χ2v) is 8.53. The summed E-state index contributed by atoms with van der Waals surface area (Å²) in [5.41, 5.74) is 2.69. The molecule has 1 N–H and O–H groups in total. The van der Waals surface area contributed by atoms with Crippen LogP contribution in [-0.2, 0) is 11.2 Å². The van der Waals surface area contributed by atoms with Crippen molar-refractivity contribution in [3.8, 4) is 0 Å². The molecule has 3 nitrogen and oxygen atoms in total. The topological polar surface area (TPSA) is 50.2 Å². The molecule has 1 aromatic rings. The van der Waals surface area contributed by atoms with E-state index >= 15 is 0 Å². The highest BCUT2D eigenvalue weighted by atomic mass is 32.1. The number of thiazole rings is 1. The average molecular weight is 309 g/mol. The Morgan fingerprint density at radius 1 is 1.43 bits per heavy atom. The van der Waals surface area contributed by atoms with Gasteiger partial charge in [-0.25, -0.2) is 4.98 Å². The van der Waals surface area contributed by atoms with Gasteiger partial charge in [-0.3, -0.25) is 4.79 Å². The Labute approximate surface area is 131 Å². The molecule has 0 saturated heterocycles. The normalized spacial score (nSPS) is 26.8. The second-order valence-electron chi connectivity index (χ2n) is 7.59. The molecule has 0 spiro atoms. The van der Waals surface area contributed by atoms with Crippen LogP contribution >= 0.6 is 11.3 Å². The van der Waals surface area contributed by atoms with E-state index in [0.29, 0.717) is 11.3 Å². The molecular weight excluding hydrogens is 282 g/mol. The summed E-state index contributed by atoms with van der Waals surface area (Å²) in [5.74, 6) is 0.0483. The van der Waals surface area contributed by atoms with Crippen LogP contribution in [-0.4, -0.2) is 16.1 Å². The number of hydrogen-bond acceptors (Lipinski definition) is 3. The van der Waals surface area contributed by atoms with Crippen LogP contribution in [0.3, 0.4) is 0 Å². The van der Waals surface area contributed by atoms with Gasteiger partial charge in [-0.1, -0.05) is 20.8 Å². The van der Waals surface area contributed by atoms with Crippen molar-refractivity contribution in [3.05, 3.63) is 16.1 Å². The number of carbonyl (C=O) groups is 1. The highest BCUT2D eigenvalue weighted by Gasteiger charge is 2.43. The molecule has 4 heteroatoms. The highest BCUT2D eigenvalue weighted by molar-refractivity contribution is 7.09. The maximum atomic E-state index is 11.9. The van der Waals surface area contributed by atoms with Crippen LogP contribution in [0, 0.1) is 23.7 Å². The third-order valence-electron chi connectivity index (χ3n) is 5.30. The van der Waals surface area contributed by atoms with E-state index in [2.05, 4.69) is 25.8 Å². The molecule has 118 valence electrons. The fraction of sp³-hybridized carbons (Fsp3) is 0.765. The van der Waals surface area contributed by atoms with Gasteiger partial charge in [0.25, 0.3) is 0 Å². The lowest BCUT2D eigenvalue weighted by molar-refractivity contribution is -0.152. The van der Waals surface area contributed by atoms with E-state index in [1.54, 1.807) is 11.3 Å². The minimum absolute atomic E-state index is 0.291. The molecule has 0 aliphatic heterocycles. The lowest BCUT2D eigenvalue weighted by Gasteiger charge is -2.41. The predicted octanol–water partition coefficient (Wildman–Crippen LogP) is 4.69. The van der Waals surface area contributed by atoms with Crippen LogP contribution in [0.5, 0.6) is 0 Å². The number of hydrogen-bond donors (Lipinski definition) is 1. The Morgan fingerprint density at radius 3 is 2.48 bits per heavy atom. The first-order chi connectivity index (χ1) is 9.74. The predicted molar refractivity (Wildman–Crippen MR) is 86.7 cm³/mol. The Balaban J connectivity index is 2.03. The summed E-state index contributed by atoms with van der Waals surface area (Å²) in [5, 5.41) is 9.76. The maximum absolute atomic E-state index is 11.9. The molecule has 2 rings (SSSR count). The third kappa shape index (κ3) is 3.65. The molecule has 0 radical (unpaired) electrons. The number of nitrogens with zero attached hydrogens (tertiary/aromatic N) is 1. The van der Waals surface area contributed by atoms with E-state index < -0.39 is 11.4 Å². The average Bonchev–Trinajstić information content (AvgIpc) is 2.81. The Bertz CT molecular complexity index is 493. The second kappa shape index (κ2) is 6.07. The quantitative estimate of drug-likeness (QED) is 0.877. The molecule has 1 aromatic heterocycles. The Kier molecular flexibility index (Phi) is 4.76. The van der Waals surface area contributed by atoms with Crippen molar-refractivity contribution in [3.63, 3.8) is 0 Å². The van der Waals surface area contributed by atoms with Gasteiger partial charge in [0.1, 0.15) is 0 Å². The lowest BCUT2D eigenvalue weighted by Crippen LogP contribution is -2.38. The van der Waals surface area contributed by atoms with Crippen LogP contribution < -0.4 is 0 Å². The number of rotatable bonds is 4. The number of aryl methyl sites for hydroxylation is 2. The molecule has 1 aliphatic carbocycles. The van der Waals surface area contributed by atoms with Gasteiger partial charge in [0, 0.05) is 4.88 Å². The van der Waals surface area contributed by atoms with Crippen LogP contribution in [0.2, 0.25) is 0 Å². The number of carboxylic acids is 1. The van der Waals surface area contributed by atoms with Gasteiger partial charge in [0.2, 0.25) is 0 Å². The van der Waals surface area contributed by atoms with Crippen molar-refractivity contribution in [1.82, 2.24) is 4.98 Å². The van der Waals surface area contributed by atoms with Crippen molar-refractivity contribution in [1.29, 1.82) is 0 Å². The van der Waals surface area contributed by atoms with E-state index in [4.69, 9.17) is 0 Å². The zero-order chi connectivity index (χ0) is 15.7. The number of carboxylic acid groups (broad SMARTS) is 1. The molecule has 1 heterocycles. The molecule has 0 unspecified atom stereocenters. The first kappa shape index (κ1) is 16.5. The van der Waals surface area contributed by atoms with E-state index in [0.717, 1.165) is 44.2 Å². The summed E-state index contributed by atoms with van der Waals surface area (Å²) >= 11 is 1.65. The summed E-state index contributed by atoms with van der Waals surface area (Å²) in [6.45, 7) is 8.82. The summed E-state index contributed by atoms with van der Waals surface area (Å²) in [7, 11) is 0. The zero-order valence-electron chi connectivity index (χ0n) is 13.6. The van der Waals surface area contributed by atoms with E-state index in [1.165, 1.54) is 4.88 Å². The monoisotopic (exact) mass is 309 g/mol. The standard InChI is InChI=1S/C17H27NO2S/c1-12-14(21-11-18-12)7-10-17(15(19)20)8-5-13(6-9-17)16(2,3)4/h11,13H,5-10H2,1-4H3,(H,19,20). The Morgan fingerprint density at radius 2 is 2.05 bits per heavy atom. The minimum atomic E-state index is -0.600. The largest absolute Gasteiger partial charge is 0.481 e. The van der Waals surface area contributed by atoms with Gasteiger partial charge in [-0.05, 0) is 56.8 Å². The first-order valence-corrected chi connectivity index (χ1v) is 8.75. The fourth-order valence-corrected chi connectivity index (χ4v) is 4.31. The molecule has 0 aromatic carbocycles. The van der Waals surface area contributed by atoms with Crippen molar-refractivity contribution < 1.29 is 9.90 Å². The van der Waals surface area contributed by atoms with Gasteiger partial charge in [-0.2, -0.15) is 0 Å². The summed E-state index contributed by atoms with van der Waals surface area (Å²) in [6, 6.07) is 0. The maximum Gasteiger partial charge on any atom is 0.309 e. The summed E-state index contributed by atoms with van der Waals surface area (Å²) in [6.07, 6.45) is 5.32. The smallest absolute Gasteiger partial charge is 0.309 e. The highest BCUT2D eigenvalue weighted by Crippen LogP contribution is 2.47. The molecule has 1 fully saturated rings. The van der Waals surface area contributed by atoms with Gasteiger partial charge in [0.05, 0.1) is 16.6 Å². The van der Waals surface area contributed by atoms with E-state index in [-0.39, 0.29) is 0 Å². The van der Waals surface area contributed by atoms with Crippen molar-refractivity contribution in [2.75, 3.05) is 0 Å². The van der Waals surface area contributed by atoms with Gasteiger partial charge < -0.3 is 5.11 Å². The SMILES string of the molecule is Cc1ncsc1CCC1(C(=O)O)CCC(C(C)(C)C)CC1. The van der Waals surface area contributed by atoms with Gasteiger partial charge >= 0.3 is 5.97 Å². The van der Waals surface area contributed by atoms with Crippen LogP contribution in [0.1, 0.15) is 63.4 Å². The zero-order valence-corrected chi connectivity index (χ0v) is 14.4. The molecule has 21 heavy (non-hydrogen) atoms. The molecule has 0 atom stereocenters. The van der Waals surface area contributed by atoms with Crippen LogP contribution in [0.4, 0.5) is 0 Å². The van der Waals surface area contributed by atoms with Gasteiger partial charge in [-0.15, -0.1) is 11.3 Å². The van der Waals surface area contributed by atoms with Crippen LogP contribution in [0.15, 0.2) is 5.51 Å². The van der Waals surface area contributed by atoms with Gasteiger partial charge in [0.15, 0.2) is 0 Å². The molecular formula is C17H27NO2S. The summed E-state index contributed by atoms with van der Waals surface area (Å²) < 4.78 is 0. The Hall–Kier alpha value is -0.900. The van der Waals surface area contributed by atoms with Crippen molar-refractivity contribution in [2.24, 2.45) is 16.7 Å². The first-order valence-electron chi connectivity index (χ1n) is 7.87. The van der Waals surface area contributed by atoms with Crippen LogP contribution in [0.25, 0.3) is 0 Å². The lowest BCUT2D eigenvalue weighted by atomic mass is 9.62. The number of aliphatic carboxylic acids is 1. The van der Waals surface area contributed by atoms with E-state index in [9.17, 15) is 9.90 Å². The molecule has 0 bridgehead atoms. The molecule has 0 amide bonds. The van der Waals surface area contributed by atoms with Crippen molar-refractivity contribution >= 4 is 17.3 Å².